The van der Waals surface area contributed by atoms with Crippen molar-refractivity contribution in [2.45, 2.75) is 37.6 Å². The molecule has 0 fully saturated rings. The van der Waals surface area contributed by atoms with Crippen LogP contribution in [0.15, 0.2) is 12.5 Å². The van der Waals surface area contributed by atoms with E-state index in [9.17, 15) is 24.6 Å². The molecule has 1 aromatic heterocycles. The summed E-state index contributed by atoms with van der Waals surface area (Å²) in [6, 6.07) is -3.97. The summed E-state index contributed by atoms with van der Waals surface area (Å²) in [5, 5.41) is 32.0. The summed E-state index contributed by atoms with van der Waals surface area (Å²) in [5.41, 5.74) is 5.91. The minimum absolute atomic E-state index is 0.0552. The number of nitrogens with zero attached hydrogens (tertiary/aromatic N) is 1. The van der Waals surface area contributed by atoms with E-state index in [2.05, 4.69) is 20.6 Å². The third-order valence-electron chi connectivity index (χ3n) is 3.23. The second-order valence-electron chi connectivity index (χ2n) is 5.19. The molecule has 0 saturated heterocycles. The van der Waals surface area contributed by atoms with Gasteiger partial charge in [0.05, 0.1) is 19.0 Å². The maximum Gasteiger partial charge on any atom is 0.326 e. The van der Waals surface area contributed by atoms with Crippen molar-refractivity contribution in [3.63, 3.8) is 0 Å². The molecule has 4 unspecified atom stereocenters. The van der Waals surface area contributed by atoms with Crippen LogP contribution in [0.2, 0.25) is 0 Å². The van der Waals surface area contributed by atoms with Crippen LogP contribution in [0, 0.1) is 0 Å². The maximum atomic E-state index is 12.1. The predicted octanol–water partition coefficient (Wildman–Crippen LogP) is -3.29. The summed E-state index contributed by atoms with van der Waals surface area (Å²) in [7, 11) is 0. The molecule has 0 saturated carbocycles. The summed E-state index contributed by atoms with van der Waals surface area (Å²) in [5.74, 6) is -3.03. The second-order valence-corrected chi connectivity index (χ2v) is 5.19. The van der Waals surface area contributed by atoms with Gasteiger partial charge >= 0.3 is 5.97 Å². The number of rotatable bonds is 9. The largest absolute Gasteiger partial charge is 0.480 e. The number of aromatic nitrogens is 2. The van der Waals surface area contributed by atoms with Gasteiger partial charge in [0.15, 0.2) is 0 Å². The van der Waals surface area contributed by atoms with E-state index in [4.69, 9.17) is 10.8 Å². The molecular formula is C13H21N5O6. The van der Waals surface area contributed by atoms with Crippen LogP contribution >= 0.6 is 0 Å². The first-order valence-electron chi connectivity index (χ1n) is 7.11. The van der Waals surface area contributed by atoms with Crippen LogP contribution in [-0.2, 0) is 20.8 Å². The highest BCUT2D eigenvalue weighted by atomic mass is 16.4. The number of carbonyl (C=O) groups excluding carboxylic acids is 2. The molecule has 0 bridgehead atoms. The van der Waals surface area contributed by atoms with Crippen LogP contribution in [0.25, 0.3) is 0 Å². The molecule has 1 heterocycles. The number of carboxylic acids is 1. The van der Waals surface area contributed by atoms with Gasteiger partial charge in [-0.3, -0.25) is 9.59 Å². The molecule has 4 atom stereocenters. The number of carbonyl (C=O) groups is 3. The standard InChI is InChI=1S/C13H21N5O6/c1-6(20)10(14)12(22)18-9(4-19)11(21)17-8(13(23)24)2-7-3-15-5-16-7/h3,5-6,8-10,19-20H,2,4,14H2,1H3,(H,15,16)(H,17,21)(H,18,22)(H,23,24). The van der Waals surface area contributed by atoms with Gasteiger partial charge in [0.25, 0.3) is 0 Å². The molecule has 11 nitrogen and oxygen atoms in total. The number of aliphatic hydroxyl groups is 2. The van der Waals surface area contributed by atoms with Crippen LogP contribution in [0.1, 0.15) is 12.6 Å². The Labute approximate surface area is 137 Å². The lowest BCUT2D eigenvalue weighted by atomic mass is 10.1. The van der Waals surface area contributed by atoms with E-state index in [0.29, 0.717) is 5.69 Å². The topological polar surface area (TPSA) is 191 Å². The first kappa shape index (κ1) is 19.5. The fourth-order valence-corrected chi connectivity index (χ4v) is 1.77. The van der Waals surface area contributed by atoms with Crippen molar-refractivity contribution in [1.82, 2.24) is 20.6 Å². The zero-order valence-corrected chi connectivity index (χ0v) is 13.0. The Bertz CT molecular complexity index is 561. The molecule has 1 aromatic rings. The zero-order valence-electron chi connectivity index (χ0n) is 13.0. The molecule has 134 valence electrons. The molecule has 1 rings (SSSR count). The number of aliphatic hydroxyl groups excluding tert-OH is 2. The molecule has 0 radical (unpaired) electrons. The van der Waals surface area contributed by atoms with Crippen LogP contribution < -0.4 is 16.4 Å². The van der Waals surface area contributed by atoms with Crippen LogP contribution in [-0.4, -0.2) is 73.9 Å². The minimum Gasteiger partial charge on any atom is -0.480 e. The van der Waals surface area contributed by atoms with Crippen molar-refractivity contribution in [1.29, 1.82) is 0 Å². The summed E-state index contributed by atoms with van der Waals surface area (Å²) in [6.07, 6.45) is 1.57. The van der Waals surface area contributed by atoms with Gasteiger partial charge in [-0.1, -0.05) is 0 Å². The van der Waals surface area contributed by atoms with E-state index in [-0.39, 0.29) is 6.42 Å². The lowest BCUT2D eigenvalue weighted by molar-refractivity contribution is -0.142. The molecule has 24 heavy (non-hydrogen) atoms. The van der Waals surface area contributed by atoms with Gasteiger partial charge in [-0.2, -0.15) is 0 Å². The first-order valence-corrected chi connectivity index (χ1v) is 7.11. The Hall–Kier alpha value is -2.50. The molecule has 2 amide bonds. The summed E-state index contributed by atoms with van der Waals surface area (Å²) < 4.78 is 0. The van der Waals surface area contributed by atoms with Crippen molar-refractivity contribution in [2.75, 3.05) is 6.61 Å². The van der Waals surface area contributed by atoms with Crippen LogP contribution in [0.3, 0.4) is 0 Å². The average Bonchev–Trinajstić information content (AvgIpc) is 3.03. The molecule has 0 aliphatic heterocycles. The number of H-pyrrole nitrogens is 1. The third-order valence-corrected chi connectivity index (χ3v) is 3.23. The number of aromatic amines is 1. The molecule has 0 spiro atoms. The van der Waals surface area contributed by atoms with E-state index in [1.165, 1.54) is 19.4 Å². The highest BCUT2D eigenvalue weighted by molar-refractivity contribution is 5.92. The Morgan fingerprint density at radius 3 is 2.38 bits per heavy atom. The normalized spacial score (nSPS) is 15.8. The Morgan fingerprint density at radius 1 is 1.29 bits per heavy atom. The van der Waals surface area contributed by atoms with E-state index in [0.717, 1.165) is 0 Å². The predicted molar refractivity (Wildman–Crippen MR) is 80.5 cm³/mol. The molecule has 0 aromatic carbocycles. The van der Waals surface area contributed by atoms with Gasteiger partial charge in [-0.05, 0) is 6.92 Å². The number of nitrogens with one attached hydrogen (secondary N) is 3. The van der Waals surface area contributed by atoms with Crippen molar-refractivity contribution in [3.8, 4) is 0 Å². The van der Waals surface area contributed by atoms with Gasteiger partial charge in [-0.15, -0.1) is 0 Å². The van der Waals surface area contributed by atoms with Crippen molar-refractivity contribution < 1.29 is 29.7 Å². The highest BCUT2D eigenvalue weighted by Gasteiger charge is 2.28. The summed E-state index contributed by atoms with van der Waals surface area (Å²) in [4.78, 5) is 41.5. The van der Waals surface area contributed by atoms with Crippen molar-refractivity contribution in [3.05, 3.63) is 18.2 Å². The van der Waals surface area contributed by atoms with Gasteiger partial charge in [-0.25, -0.2) is 9.78 Å². The first-order chi connectivity index (χ1) is 11.3. The number of amides is 2. The van der Waals surface area contributed by atoms with E-state index >= 15 is 0 Å². The number of hydrogen-bond donors (Lipinski definition) is 7. The van der Waals surface area contributed by atoms with Crippen molar-refractivity contribution in [2.24, 2.45) is 5.73 Å². The third kappa shape index (κ3) is 5.61. The van der Waals surface area contributed by atoms with Crippen LogP contribution in [0.4, 0.5) is 0 Å². The fraction of sp³-hybridized carbons (Fsp3) is 0.538. The number of hydrogen-bond acceptors (Lipinski definition) is 7. The molecule has 0 aliphatic rings. The lowest BCUT2D eigenvalue weighted by Crippen LogP contribution is -2.57. The molecule has 11 heteroatoms. The summed E-state index contributed by atoms with van der Waals surface area (Å²) >= 11 is 0. The van der Waals surface area contributed by atoms with E-state index in [1.807, 2.05) is 0 Å². The van der Waals surface area contributed by atoms with E-state index in [1.54, 1.807) is 0 Å². The van der Waals surface area contributed by atoms with Gasteiger partial charge < -0.3 is 36.7 Å². The number of imidazole rings is 1. The lowest BCUT2D eigenvalue weighted by Gasteiger charge is -2.22. The SMILES string of the molecule is CC(O)C(N)C(=O)NC(CO)C(=O)NC(Cc1cnc[nH]1)C(=O)O. The van der Waals surface area contributed by atoms with Crippen molar-refractivity contribution >= 4 is 17.8 Å². The molecular weight excluding hydrogens is 322 g/mol. The smallest absolute Gasteiger partial charge is 0.326 e. The second kappa shape index (κ2) is 8.96. The van der Waals surface area contributed by atoms with Crippen LogP contribution in [0.5, 0.6) is 0 Å². The van der Waals surface area contributed by atoms with Gasteiger partial charge in [0.1, 0.15) is 18.1 Å². The van der Waals surface area contributed by atoms with E-state index < -0.39 is 48.6 Å². The number of carboxylic acid groups (broad SMARTS) is 1. The fourth-order valence-electron chi connectivity index (χ4n) is 1.77. The Balaban J connectivity index is 2.69. The maximum absolute atomic E-state index is 12.1. The number of aliphatic carboxylic acids is 1. The molecule has 8 N–H and O–H groups in total. The average molecular weight is 343 g/mol. The Kier molecular flexibility index (Phi) is 7.30. The minimum atomic E-state index is -1.40. The van der Waals surface area contributed by atoms with Gasteiger partial charge in [0, 0.05) is 18.3 Å². The summed E-state index contributed by atoms with van der Waals surface area (Å²) in [6.45, 7) is 0.531. The zero-order chi connectivity index (χ0) is 18.3. The molecule has 0 aliphatic carbocycles. The monoisotopic (exact) mass is 343 g/mol. The van der Waals surface area contributed by atoms with Gasteiger partial charge in [0.2, 0.25) is 11.8 Å². The quantitative estimate of drug-likeness (QED) is 0.242. The Morgan fingerprint density at radius 2 is 1.92 bits per heavy atom. The number of nitrogens with two attached hydrogens (primary N) is 1. The highest BCUT2D eigenvalue weighted by Crippen LogP contribution is 2.00.